The summed E-state index contributed by atoms with van der Waals surface area (Å²) in [5, 5.41) is 0. The molecule has 1 unspecified atom stereocenters. The third kappa shape index (κ3) is 3.28. The average molecular weight is 254 g/mol. The second kappa shape index (κ2) is 5.77. The second-order valence-electron chi connectivity index (χ2n) is 4.41. The van der Waals surface area contributed by atoms with Crippen molar-refractivity contribution in [3.05, 3.63) is 36.8 Å². The summed E-state index contributed by atoms with van der Waals surface area (Å²) in [4.78, 5) is 0. The van der Waals surface area contributed by atoms with Crippen molar-refractivity contribution in [1.29, 1.82) is 0 Å². The summed E-state index contributed by atoms with van der Waals surface area (Å²) in [5.74, 6) is 0. The van der Waals surface area contributed by atoms with Gasteiger partial charge < -0.3 is 8.54 Å². The Morgan fingerprint density at radius 1 is 1.00 bits per heavy atom. The van der Waals surface area contributed by atoms with E-state index < -0.39 is 16.9 Å². The van der Waals surface area contributed by atoms with Crippen molar-refractivity contribution < 1.29 is 8.54 Å². The molecule has 0 amide bonds. The van der Waals surface area contributed by atoms with Crippen LogP contribution in [0.1, 0.15) is 19.3 Å². The Balaban J connectivity index is 2.93. The van der Waals surface area contributed by atoms with Gasteiger partial charge in [-0.1, -0.05) is 18.5 Å². The third-order valence-electron chi connectivity index (χ3n) is 3.04. The summed E-state index contributed by atoms with van der Waals surface area (Å²) in [7, 11) is -4.23. The van der Waals surface area contributed by atoms with Crippen molar-refractivity contribution in [1.82, 2.24) is 0 Å². The van der Waals surface area contributed by atoms with Gasteiger partial charge in [-0.25, -0.2) is 0 Å². The molecule has 1 rings (SSSR count). The van der Waals surface area contributed by atoms with E-state index in [2.05, 4.69) is 26.3 Å². The van der Waals surface area contributed by atoms with Crippen LogP contribution in [0, 0.1) is 0 Å². The Kier molecular flexibility index (Phi) is 4.92. The molecule has 16 heavy (non-hydrogen) atoms. The molecule has 1 heterocycles. The SMILES string of the molecule is C=C[Si]1(C)CCCCCO[Si](C=C)(C=C)O1. The fraction of sp³-hybridized carbons (Fsp3) is 0.500. The zero-order valence-corrected chi connectivity index (χ0v) is 12.2. The highest BCUT2D eigenvalue weighted by Crippen LogP contribution is 2.26. The van der Waals surface area contributed by atoms with Crippen LogP contribution < -0.4 is 0 Å². The summed E-state index contributed by atoms with van der Waals surface area (Å²) in [6, 6.07) is 1.12. The Morgan fingerprint density at radius 3 is 2.25 bits per heavy atom. The Morgan fingerprint density at radius 2 is 1.69 bits per heavy atom. The Bertz CT molecular complexity index is 270. The van der Waals surface area contributed by atoms with Gasteiger partial charge >= 0.3 is 8.56 Å². The maximum absolute atomic E-state index is 6.30. The number of hydrogen-bond donors (Lipinski definition) is 0. The highest BCUT2D eigenvalue weighted by Gasteiger charge is 2.39. The lowest BCUT2D eigenvalue weighted by Crippen LogP contribution is -2.49. The summed E-state index contributed by atoms with van der Waals surface area (Å²) in [6.07, 6.45) is 3.51. The van der Waals surface area contributed by atoms with Gasteiger partial charge in [0.2, 0.25) is 8.32 Å². The van der Waals surface area contributed by atoms with Gasteiger partial charge in [0.25, 0.3) is 0 Å². The molecular formula is C12H22O2Si2. The molecular weight excluding hydrogens is 232 g/mol. The minimum absolute atomic E-state index is 0.756. The van der Waals surface area contributed by atoms with Crippen LogP contribution in [-0.2, 0) is 8.54 Å². The first-order chi connectivity index (χ1) is 7.60. The fourth-order valence-corrected chi connectivity index (χ4v) is 8.44. The minimum Gasteiger partial charge on any atom is -0.426 e. The Labute approximate surface area is 101 Å². The van der Waals surface area contributed by atoms with Crippen LogP contribution in [-0.4, -0.2) is 23.5 Å². The van der Waals surface area contributed by atoms with Gasteiger partial charge in [-0.2, -0.15) is 0 Å². The molecule has 0 saturated carbocycles. The molecule has 0 bridgehead atoms. The molecule has 90 valence electrons. The third-order valence-corrected chi connectivity index (χ3v) is 10.2. The molecule has 1 saturated heterocycles. The molecule has 2 nitrogen and oxygen atoms in total. The predicted molar refractivity (Wildman–Crippen MR) is 73.7 cm³/mol. The van der Waals surface area contributed by atoms with Crippen LogP contribution in [0.4, 0.5) is 0 Å². The second-order valence-corrected chi connectivity index (χ2v) is 11.3. The van der Waals surface area contributed by atoms with E-state index >= 15 is 0 Å². The van der Waals surface area contributed by atoms with Crippen molar-refractivity contribution in [2.24, 2.45) is 0 Å². The van der Waals surface area contributed by atoms with E-state index in [1.54, 1.807) is 0 Å². The van der Waals surface area contributed by atoms with E-state index in [4.69, 9.17) is 8.54 Å². The first kappa shape index (κ1) is 13.6. The maximum Gasteiger partial charge on any atom is 0.380 e. The van der Waals surface area contributed by atoms with Crippen molar-refractivity contribution in [3.63, 3.8) is 0 Å². The molecule has 1 fully saturated rings. The van der Waals surface area contributed by atoms with Crippen LogP contribution in [0.25, 0.3) is 0 Å². The van der Waals surface area contributed by atoms with E-state index in [1.165, 1.54) is 12.8 Å². The molecule has 0 aliphatic carbocycles. The lowest BCUT2D eigenvalue weighted by Gasteiger charge is -2.33. The molecule has 0 spiro atoms. The van der Waals surface area contributed by atoms with Crippen LogP contribution in [0.2, 0.25) is 12.6 Å². The molecule has 0 radical (unpaired) electrons. The average Bonchev–Trinajstić information content (AvgIpc) is 2.39. The van der Waals surface area contributed by atoms with Gasteiger partial charge in [0, 0.05) is 6.61 Å². The minimum atomic E-state index is -2.38. The summed E-state index contributed by atoms with van der Waals surface area (Å²) in [5.41, 5.74) is 5.68. The van der Waals surface area contributed by atoms with Gasteiger partial charge in [-0.15, -0.1) is 19.7 Å². The first-order valence-corrected chi connectivity index (χ1v) is 10.5. The monoisotopic (exact) mass is 254 g/mol. The lowest BCUT2D eigenvalue weighted by molar-refractivity contribution is 0.254. The summed E-state index contributed by atoms with van der Waals surface area (Å²) < 4.78 is 12.2. The van der Waals surface area contributed by atoms with E-state index in [1.807, 2.05) is 17.1 Å². The van der Waals surface area contributed by atoms with Gasteiger partial charge in [-0.05, 0) is 30.4 Å². The molecule has 4 heteroatoms. The van der Waals surface area contributed by atoms with Crippen molar-refractivity contribution in [2.45, 2.75) is 31.9 Å². The molecule has 0 N–H and O–H groups in total. The summed E-state index contributed by atoms with van der Waals surface area (Å²) in [6.45, 7) is 14.6. The molecule has 0 aromatic carbocycles. The smallest absolute Gasteiger partial charge is 0.380 e. The highest BCUT2D eigenvalue weighted by atomic mass is 28.4. The summed E-state index contributed by atoms with van der Waals surface area (Å²) >= 11 is 0. The van der Waals surface area contributed by atoms with Crippen molar-refractivity contribution in [2.75, 3.05) is 6.61 Å². The predicted octanol–water partition coefficient (Wildman–Crippen LogP) is 3.40. The topological polar surface area (TPSA) is 18.5 Å². The highest BCUT2D eigenvalue weighted by molar-refractivity contribution is 6.90. The van der Waals surface area contributed by atoms with Crippen LogP contribution in [0.5, 0.6) is 0 Å². The van der Waals surface area contributed by atoms with E-state index in [0.29, 0.717) is 0 Å². The fourth-order valence-electron chi connectivity index (χ4n) is 1.86. The van der Waals surface area contributed by atoms with Gasteiger partial charge in [0.05, 0.1) is 0 Å². The van der Waals surface area contributed by atoms with Crippen LogP contribution in [0.3, 0.4) is 0 Å². The zero-order chi connectivity index (χ0) is 12.1. The lowest BCUT2D eigenvalue weighted by atomic mass is 10.3. The van der Waals surface area contributed by atoms with Gasteiger partial charge in [-0.3, -0.25) is 0 Å². The van der Waals surface area contributed by atoms with Gasteiger partial charge in [0.15, 0.2) is 0 Å². The van der Waals surface area contributed by atoms with E-state index in [0.717, 1.165) is 19.1 Å². The molecule has 1 atom stereocenters. The molecule has 0 aromatic rings. The Hall–Kier alpha value is -0.426. The number of hydrogen-bond acceptors (Lipinski definition) is 2. The zero-order valence-electron chi connectivity index (χ0n) is 10.2. The first-order valence-electron chi connectivity index (χ1n) is 5.85. The van der Waals surface area contributed by atoms with Crippen molar-refractivity contribution in [3.8, 4) is 0 Å². The van der Waals surface area contributed by atoms with E-state index in [-0.39, 0.29) is 0 Å². The number of rotatable bonds is 3. The quantitative estimate of drug-likeness (QED) is 0.719. The molecule has 1 aliphatic rings. The largest absolute Gasteiger partial charge is 0.426 e. The van der Waals surface area contributed by atoms with Crippen molar-refractivity contribution >= 4 is 16.9 Å². The maximum atomic E-state index is 6.30. The standard InChI is InChI=1S/C12H22O2Si2/c1-5-15(4)12-10-8-9-11-13-16(6-2,7-3)14-15/h5-7H,1-3,8-12H2,4H3. The normalized spacial score (nSPS) is 30.6. The van der Waals surface area contributed by atoms with Gasteiger partial charge in [0.1, 0.15) is 0 Å². The molecule has 1 aliphatic heterocycles. The van der Waals surface area contributed by atoms with E-state index in [9.17, 15) is 0 Å². The molecule has 0 aromatic heterocycles. The van der Waals surface area contributed by atoms with Crippen LogP contribution in [0.15, 0.2) is 36.8 Å². The van der Waals surface area contributed by atoms with Crippen LogP contribution >= 0.6 is 0 Å².